The number of benzene rings is 1. The third kappa shape index (κ3) is 4.23. The van der Waals surface area contributed by atoms with E-state index in [-0.39, 0.29) is 29.6 Å². The Morgan fingerprint density at radius 1 is 1.47 bits per heavy atom. The average molecular weight is 281 g/mol. The number of hydrogen-bond acceptors (Lipinski definition) is 7. The molecule has 0 bridgehead atoms. The monoisotopic (exact) mass is 281 g/mol. The molecule has 0 radical (unpaired) electrons. The molecule has 2 rings (SSSR count). The molecule has 17 heavy (non-hydrogen) atoms. The summed E-state index contributed by atoms with van der Waals surface area (Å²) in [5.74, 6) is 0. The molecule has 0 unspecified atom stereocenters. The van der Waals surface area contributed by atoms with Gasteiger partial charge in [-0.25, -0.2) is 0 Å². The predicted octanol–water partition coefficient (Wildman–Crippen LogP) is -3.52. The number of nitrogens with zero attached hydrogens (tertiary/aromatic N) is 4. The van der Waals surface area contributed by atoms with Gasteiger partial charge in [0.05, 0.1) is 24.9 Å². The van der Waals surface area contributed by atoms with E-state index < -0.39 is 0 Å². The van der Waals surface area contributed by atoms with E-state index >= 15 is 0 Å². The summed E-state index contributed by atoms with van der Waals surface area (Å²) in [5.41, 5.74) is 0.764. The third-order valence-electron chi connectivity index (χ3n) is 1.68. The van der Waals surface area contributed by atoms with Crippen LogP contribution in [0.2, 0.25) is 0 Å². The van der Waals surface area contributed by atoms with E-state index in [0.29, 0.717) is 4.90 Å². The van der Waals surface area contributed by atoms with Crippen molar-refractivity contribution < 1.29 is 48.9 Å². The van der Waals surface area contributed by atoms with E-state index in [4.69, 9.17) is 0 Å². The summed E-state index contributed by atoms with van der Waals surface area (Å²) in [6, 6.07) is 7.13. The maximum absolute atomic E-state index is 9.68. The van der Waals surface area contributed by atoms with E-state index in [2.05, 4.69) is 32.6 Å². The maximum atomic E-state index is 9.68. The topological polar surface area (TPSA) is 76.1 Å². The molecule has 10 heteroatoms. The van der Waals surface area contributed by atoms with E-state index in [1.54, 1.807) is 24.5 Å². The number of aromatic nitrogens is 4. The zero-order valence-electron chi connectivity index (χ0n) is 8.76. The van der Waals surface area contributed by atoms with E-state index in [0.717, 1.165) is 17.7 Å². The normalized spacial score (nSPS) is 10.0. The van der Waals surface area contributed by atoms with Crippen LogP contribution < -0.4 is 39.5 Å². The van der Waals surface area contributed by atoms with Crippen LogP contribution in [0.25, 0.3) is 5.69 Å². The van der Waals surface area contributed by atoms with Crippen molar-refractivity contribution in [2.75, 3.05) is 0 Å². The molecule has 2 aromatic rings. The SMILES string of the molecule is [Na+].[O-]OOSc1cccc(-[n+]2cn(S)nn2)c1. The van der Waals surface area contributed by atoms with Gasteiger partial charge in [-0.15, -0.1) is 4.68 Å². The molecule has 0 N–H and O–H groups in total. The second kappa shape index (κ2) is 7.34. The predicted molar refractivity (Wildman–Crippen MR) is 54.0 cm³/mol. The molecular weight excluding hydrogens is 275 g/mol. The van der Waals surface area contributed by atoms with Crippen molar-refractivity contribution in [3.63, 3.8) is 0 Å². The first-order valence-electron chi connectivity index (χ1n) is 4.07. The van der Waals surface area contributed by atoms with Crippen LogP contribution >= 0.6 is 24.9 Å². The van der Waals surface area contributed by atoms with Gasteiger partial charge >= 0.3 is 29.6 Å². The first-order valence-corrected chi connectivity index (χ1v) is 5.21. The van der Waals surface area contributed by atoms with Gasteiger partial charge in [0.15, 0.2) is 5.21 Å². The number of thiol groups is 1. The van der Waals surface area contributed by atoms with Crippen molar-refractivity contribution >= 4 is 24.9 Å². The molecule has 0 saturated carbocycles. The summed E-state index contributed by atoms with van der Waals surface area (Å²) in [4.78, 5) is 0.703. The molecular formula is C7H6N4NaO3S2+. The van der Waals surface area contributed by atoms with Crippen molar-refractivity contribution in [2.45, 2.75) is 4.90 Å². The summed E-state index contributed by atoms with van der Waals surface area (Å²) in [7, 11) is 0. The standard InChI is InChI=1S/C7H6N4O3S2.Na/c12-13-14-16-7-3-1-2-6(4-7)10-5-11(15)9-8-10;/h1-5H,(H-,12,15);/q;+1. The smallest absolute Gasteiger partial charge is 0.691 e. The molecule has 0 fully saturated rings. The van der Waals surface area contributed by atoms with Crippen LogP contribution in [0.15, 0.2) is 35.5 Å². The van der Waals surface area contributed by atoms with Crippen LogP contribution in [-0.2, 0) is 9.37 Å². The van der Waals surface area contributed by atoms with Crippen molar-refractivity contribution in [3.05, 3.63) is 30.6 Å². The zero-order chi connectivity index (χ0) is 11.4. The van der Waals surface area contributed by atoms with Gasteiger partial charge in [0, 0.05) is 4.90 Å². The molecule has 0 aliphatic heterocycles. The van der Waals surface area contributed by atoms with Gasteiger partial charge in [0.2, 0.25) is 0 Å². The number of hydrogen-bond donors (Lipinski definition) is 1. The summed E-state index contributed by atoms with van der Waals surface area (Å²) in [6.45, 7) is 0. The second-order valence-electron chi connectivity index (χ2n) is 2.68. The van der Waals surface area contributed by atoms with Crippen LogP contribution in [-0.4, -0.2) is 14.5 Å². The minimum atomic E-state index is 0. The third-order valence-corrected chi connectivity index (χ3v) is 2.43. The molecule has 0 saturated heterocycles. The van der Waals surface area contributed by atoms with Gasteiger partial charge in [0.25, 0.3) is 6.33 Å². The van der Waals surface area contributed by atoms with Gasteiger partial charge in [-0.2, -0.15) is 4.33 Å². The number of rotatable bonds is 4. The fourth-order valence-corrected chi connectivity index (χ4v) is 1.62. The Kier molecular flexibility index (Phi) is 6.44. The molecule has 1 aromatic heterocycles. The maximum Gasteiger partial charge on any atom is 1.00 e. The quantitative estimate of drug-likeness (QED) is 0.156. The van der Waals surface area contributed by atoms with Crippen LogP contribution in [0.4, 0.5) is 0 Å². The Hall–Kier alpha value is -0.130. The van der Waals surface area contributed by atoms with E-state index in [1.165, 1.54) is 8.77 Å². The Morgan fingerprint density at radius 3 is 2.94 bits per heavy atom. The summed E-state index contributed by atoms with van der Waals surface area (Å²) < 4.78 is 7.01. The Balaban J connectivity index is 0.00000144. The molecule has 1 aromatic carbocycles. The minimum absolute atomic E-state index is 0. The molecule has 84 valence electrons. The first kappa shape index (κ1) is 14.9. The second-order valence-corrected chi connectivity index (χ2v) is 3.86. The van der Waals surface area contributed by atoms with E-state index in [1.807, 2.05) is 6.07 Å². The van der Waals surface area contributed by atoms with Crippen molar-refractivity contribution in [2.24, 2.45) is 0 Å². The molecule has 0 aliphatic carbocycles. The van der Waals surface area contributed by atoms with Crippen LogP contribution in [0.5, 0.6) is 0 Å². The molecule has 0 amide bonds. The zero-order valence-corrected chi connectivity index (χ0v) is 12.5. The molecule has 0 atom stereocenters. The first-order chi connectivity index (χ1) is 7.79. The number of tetrazole rings is 1. The summed E-state index contributed by atoms with van der Waals surface area (Å²) in [5, 5.41) is 20.4. The van der Waals surface area contributed by atoms with Gasteiger partial charge in [-0.05, 0) is 22.3 Å². The summed E-state index contributed by atoms with van der Waals surface area (Å²) >= 11 is 4.78. The van der Waals surface area contributed by atoms with Crippen LogP contribution in [0.3, 0.4) is 0 Å². The Morgan fingerprint density at radius 2 is 2.29 bits per heavy atom. The Labute approximate surface area is 129 Å². The molecule has 1 heterocycles. The van der Waals surface area contributed by atoms with Crippen LogP contribution in [0.1, 0.15) is 0 Å². The fourth-order valence-electron chi connectivity index (χ4n) is 1.08. The van der Waals surface area contributed by atoms with Crippen LogP contribution in [0, 0.1) is 0 Å². The minimum Gasteiger partial charge on any atom is -0.691 e. The van der Waals surface area contributed by atoms with Gasteiger partial charge in [-0.1, -0.05) is 6.07 Å². The van der Waals surface area contributed by atoms with E-state index in [9.17, 15) is 5.26 Å². The Bertz CT molecular complexity index is 484. The van der Waals surface area contributed by atoms with Gasteiger partial charge < -0.3 is 5.26 Å². The van der Waals surface area contributed by atoms with Crippen molar-refractivity contribution in [1.82, 2.24) is 14.5 Å². The summed E-state index contributed by atoms with van der Waals surface area (Å²) in [6.07, 6.45) is 1.58. The molecule has 0 aliphatic rings. The van der Waals surface area contributed by atoms with Crippen molar-refractivity contribution in [3.8, 4) is 5.69 Å². The average Bonchev–Trinajstić information content (AvgIpc) is 2.74. The van der Waals surface area contributed by atoms with Crippen molar-refractivity contribution in [1.29, 1.82) is 0 Å². The molecule has 7 nitrogen and oxygen atoms in total. The van der Waals surface area contributed by atoms with Gasteiger partial charge in [0.1, 0.15) is 10.9 Å². The fraction of sp³-hybridized carbons (Fsp3) is 0. The molecule has 0 spiro atoms. The largest absolute Gasteiger partial charge is 1.00 e. The van der Waals surface area contributed by atoms with Gasteiger partial charge in [-0.3, -0.25) is 5.04 Å².